The Morgan fingerprint density at radius 2 is 1.93 bits per heavy atom. The van der Waals surface area contributed by atoms with Gasteiger partial charge in [0.2, 0.25) is 0 Å². The van der Waals surface area contributed by atoms with E-state index in [1.54, 1.807) is 6.08 Å². The first-order valence-corrected chi connectivity index (χ1v) is 10.2. The van der Waals surface area contributed by atoms with Gasteiger partial charge in [0.25, 0.3) is 5.91 Å². The number of rotatable bonds is 11. The number of amides is 1. The Hall–Kier alpha value is -2.50. The highest BCUT2D eigenvalue weighted by Gasteiger charge is 2.17. The van der Waals surface area contributed by atoms with Gasteiger partial charge in [-0.1, -0.05) is 32.3 Å². The van der Waals surface area contributed by atoms with Gasteiger partial charge in [-0.3, -0.25) is 4.79 Å². The first-order valence-electron chi connectivity index (χ1n) is 10.2. The molecular formula is C22H31NO5. The van der Waals surface area contributed by atoms with Crippen molar-refractivity contribution in [2.45, 2.75) is 58.4 Å². The number of ether oxygens (including phenoxy) is 3. The molecule has 0 atom stereocenters. The summed E-state index contributed by atoms with van der Waals surface area (Å²) in [4.78, 5) is 23.7. The molecule has 1 aliphatic rings. The van der Waals surface area contributed by atoms with Crippen molar-refractivity contribution in [1.29, 1.82) is 0 Å². The van der Waals surface area contributed by atoms with Crippen LogP contribution in [0.1, 0.15) is 57.9 Å². The normalized spacial score (nSPS) is 14.2. The number of unbranched alkanes of at least 4 members (excludes halogenated alkanes) is 1. The van der Waals surface area contributed by atoms with Crippen molar-refractivity contribution in [2.75, 3.05) is 19.8 Å². The lowest BCUT2D eigenvalue weighted by Crippen LogP contribution is -2.35. The lowest BCUT2D eigenvalue weighted by Gasteiger charge is -2.12. The zero-order chi connectivity index (χ0) is 20.2. The van der Waals surface area contributed by atoms with Gasteiger partial charge >= 0.3 is 5.97 Å². The number of hydrogen-bond donors (Lipinski definition) is 1. The summed E-state index contributed by atoms with van der Waals surface area (Å²) >= 11 is 0. The topological polar surface area (TPSA) is 73.9 Å². The average molecular weight is 389 g/mol. The third kappa shape index (κ3) is 7.62. The predicted octanol–water partition coefficient (Wildman–Crippen LogP) is 3.88. The number of carbonyl (C=O) groups excluding carboxylic acids is 2. The molecule has 1 fully saturated rings. The standard InChI is InChI=1S/C22H31NO5/c1-3-5-14-27-19-12-10-17(15-20(19)26-4-2)11-13-22(25)28-16-21(24)23-18-8-6-7-9-18/h10-13,15,18H,3-9,14,16H2,1-2H3,(H,23,24)/b13-11+. The highest BCUT2D eigenvalue weighted by molar-refractivity contribution is 5.89. The number of hydrogen-bond acceptors (Lipinski definition) is 5. The summed E-state index contributed by atoms with van der Waals surface area (Å²) in [5.74, 6) is 0.535. The lowest BCUT2D eigenvalue weighted by atomic mass is 10.2. The fourth-order valence-electron chi connectivity index (χ4n) is 3.03. The van der Waals surface area contributed by atoms with E-state index in [1.165, 1.54) is 6.08 Å². The summed E-state index contributed by atoms with van der Waals surface area (Å²) in [5.41, 5.74) is 0.790. The van der Waals surface area contributed by atoms with Crippen molar-refractivity contribution in [3.8, 4) is 11.5 Å². The predicted molar refractivity (Wildman–Crippen MR) is 108 cm³/mol. The SMILES string of the molecule is CCCCOc1ccc(/C=C/C(=O)OCC(=O)NC2CCCC2)cc1OCC. The zero-order valence-corrected chi connectivity index (χ0v) is 16.9. The van der Waals surface area contributed by atoms with Gasteiger partial charge in [0.1, 0.15) is 0 Å². The maximum absolute atomic E-state index is 11.9. The van der Waals surface area contributed by atoms with E-state index in [-0.39, 0.29) is 18.6 Å². The van der Waals surface area contributed by atoms with Crippen LogP contribution in [0, 0.1) is 0 Å². The molecule has 0 aliphatic heterocycles. The van der Waals surface area contributed by atoms with Crippen LogP contribution in [-0.2, 0) is 14.3 Å². The molecule has 0 spiro atoms. The maximum atomic E-state index is 11.9. The van der Waals surface area contributed by atoms with Crippen LogP contribution < -0.4 is 14.8 Å². The molecule has 6 nitrogen and oxygen atoms in total. The van der Waals surface area contributed by atoms with Crippen molar-refractivity contribution >= 4 is 18.0 Å². The average Bonchev–Trinajstić information content (AvgIpc) is 3.19. The third-order valence-corrected chi connectivity index (χ3v) is 4.50. The quantitative estimate of drug-likeness (QED) is 0.353. The van der Waals surface area contributed by atoms with Crippen molar-refractivity contribution in [2.24, 2.45) is 0 Å². The van der Waals surface area contributed by atoms with Crippen LogP contribution in [0.4, 0.5) is 0 Å². The molecule has 1 aromatic carbocycles. The summed E-state index contributed by atoms with van der Waals surface area (Å²) in [6.45, 7) is 4.93. The second-order valence-corrected chi connectivity index (χ2v) is 6.83. The van der Waals surface area contributed by atoms with E-state index in [4.69, 9.17) is 14.2 Å². The molecule has 0 bridgehead atoms. The summed E-state index contributed by atoms with van der Waals surface area (Å²) in [7, 11) is 0. The number of nitrogens with one attached hydrogen (secondary N) is 1. The monoisotopic (exact) mass is 389 g/mol. The Morgan fingerprint density at radius 3 is 2.64 bits per heavy atom. The maximum Gasteiger partial charge on any atom is 0.331 e. The number of benzene rings is 1. The van der Waals surface area contributed by atoms with E-state index in [1.807, 2.05) is 25.1 Å². The summed E-state index contributed by atoms with van der Waals surface area (Å²) in [6, 6.07) is 5.72. The number of esters is 1. The van der Waals surface area contributed by atoms with Crippen LogP contribution in [0.2, 0.25) is 0 Å². The molecule has 1 aromatic rings. The fraction of sp³-hybridized carbons (Fsp3) is 0.545. The van der Waals surface area contributed by atoms with Gasteiger partial charge in [-0.2, -0.15) is 0 Å². The Morgan fingerprint density at radius 1 is 1.14 bits per heavy atom. The van der Waals surface area contributed by atoms with Crippen LogP contribution in [-0.4, -0.2) is 37.7 Å². The fourth-order valence-corrected chi connectivity index (χ4v) is 3.03. The van der Waals surface area contributed by atoms with Gasteiger partial charge in [0.05, 0.1) is 13.2 Å². The first-order chi connectivity index (χ1) is 13.6. The highest BCUT2D eigenvalue weighted by Crippen LogP contribution is 2.29. The molecule has 1 N–H and O–H groups in total. The van der Waals surface area contributed by atoms with Gasteiger partial charge < -0.3 is 19.5 Å². The van der Waals surface area contributed by atoms with Gasteiger partial charge in [-0.05, 0) is 50.0 Å². The molecule has 1 saturated carbocycles. The number of carbonyl (C=O) groups is 2. The molecule has 0 heterocycles. The lowest BCUT2D eigenvalue weighted by molar-refractivity contribution is -0.144. The van der Waals surface area contributed by atoms with Crippen molar-refractivity contribution in [3.63, 3.8) is 0 Å². The molecule has 1 aliphatic carbocycles. The van der Waals surface area contributed by atoms with E-state index >= 15 is 0 Å². The Bertz CT molecular complexity index is 665. The van der Waals surface area contributed by atoms with Gasteiger partial charge in [0, 0.05) is 12.1 Å². The Labute approximate surface area is 167 Å². The molecule has 28 heavy (non-hydrogen) atoms. The van der Waals surface area contributed by atoms with Crippen molar-refractivity contribution < 1.29 is 23.8 Å². The smallest absolute Gasteiger partial charge is 0.331 e. The van der Waals surface area contributed by atoms with E-state index in [0.29, 0.717) is 24.7 Å². The molecule has 0 saturated heterocycles. The van der Waals surface area contributed by atoms with Crippen LogP contribution in [0.5, 0.6) is 11.5 Å². The molecular weight excluding hydrogens is 358 g/mol. The highest BCUT2D eigenvalue weighted by atomic mass is 16.5. The van der Waals surface area contributed by atoms with Gasteiger partial charge in [0.15, 0.2) is 18.1 Å². The van der Waals surface area contributed by atoms with Crippen LogP contribution in [0.25, 0.3) is 6.08 Å². The molecule has 2 rings (SSSR count). The molecule has 0 unspecified atom stereocenters. The minimum absolute atomic E-state index is 0.219. The molecule has 0 radical (unpaired) electrons. The van der Waals surface area contributed by atoms with Crippen molar-refractivity contribution in [3.05, 3.63) is 29.8 Å². The van der Waals surface area contributed by atoms with Gasteiger partial charge in [-0.15, -0.1) is 0 Å². The second-order valence-electron chi connectivity index (χ2n) is 6.83. The van der Waals surface area contributed by atoms with Crippen LogP contribution in [0.3, 0.4) is 0 Å². The van der Waals surface area contributed by atoms with E-state index < -0.39 is 5.97 Å². The Balaban J connectivity index is 1.84. The van der Waals surface area contributed by atoms with Gasteiger partial charge in [-0.25, -0.2) is 4.79 Å². The first kappa shape index (κ1) is 21.8. The van der Waals surface area contributed by atoms with E-state index in [0.717, 1.165) is 44.1 Å². The van der Waals surface area contributed by atoms with Crippen LogP contribution in [0.15, 0.2) is 24.3 Å². The molecule has 154 valence electrons. The summed E-state index contributed by atoms with van der Waals surface area (Å²) in [5, 5.41) is 2.89. The second kappa shape index (κ2) is 12.1. The molecule has 0 aromatic heterocycles. The zero-order valence-electron chi connectivity index (χ0n) is 16.9. The summed E-state index contributed by atoms with van der Waals surface area (Å²) in [6.07, 6.45) is 9.26. The van der Waals surface area contributed by atoms with E-state index in [9.17, 15) is 9.59 Å². The minimum atomic E-state index is -0.553. The minimum Gasteiger partial charge on any atom is -0.490 e. The summed E-state index contributed by atoms with van der Waals surface area (Å²) < 4.78 is 16.4. The van der Waals surface area contributed by atoms with Crippen LogP contribution >= 0.6 is 0 Å². The molecule has 1 amide bonds. The largest absolute Gasteiger partial charge is 0.490 e. The molecule has 6 heteroatoms. The van der Waals surface area contributed by atoms with E-state index in [2.05, 4.69) is 12.2 Å². The third-order valence-electron chi connectivity index (χ3n) is 4.50. The Kier molecular flexibility index (Phi) is 9.39. The van der Waals surface area contributed by atoms with Crippen molar-refractivity contribution in [1.82, 2.24) is 5.32 Å².